The van der Waals surface area contributed by atoms with E-state index in [1.54, 1.807) is 0 Å². The summed E-state index contributed by atoms with van der Waals surface area (Å²) < 4.78 is 0. The summed E-state index contributed by atoms with van der Waals surface area (Å²) in [6.07, 6.45) is 0. The highest BCUT2D eigenvalue weighted by atomic mass is 16.3. The third-order valence-electron chi connectivity index (χ3n) is 3.66. The summed E-state index contributed by atoms with van der Waals surface area (Å²) in [7, 11) is 0. The maximum absolute atomic E-state index is 10.3. The van der Waals surface area contributed by atoms with Crippen LogP contribution in [0.2, 0.25) is 0 Å². The van der Waals surface area contributed by atoms with Gasteiger partial charge in [-0.05, 0) is 36.4 Å². The molecular formula is C18H14O6. The van der Waals surface area contributed by atoms with E-state index in [2.05, 4.69) is 0 Å². The molecule has 0 atom stereocenters. The molecule has 0 bridgehead atoms. The summed E-state index contributed by atoms with van der Waals surface area (Å²) in [6, 6.07) is 10.2. The lowest BCUT2D eigenvalue weighted by Gasteiger charge is -2.13. The fourth-order valence-corrected chi connectivity index (χ4v) is 2.50. The lowest BCUT2D eigenvalue weighted by Crippen LogP contribution is -1.86. The number of benzene rings is 3. The van der Waals surface area contributed by atoms with Gasteiger partial charge in [-0.1, -0.05) is 0 Å². The topological polar surface area (TPSA) is 121 Å². The van der Waals surface area contributed by atoms with Crippen LogP contribution in [0.1, 0.15) is 0 Å². The summed E-state index contributed by atoms with van der Waals surface area (Å²) in [5.74, 6) is -1.27. The SMILES string of the molecule is Oc1ccc(-c2cc(O)c(-c3ccc(O)cc3O)cc2O)c(O)c1. The Morgan fingerprint density at radius 3 is 1.04 bits per heavy atom. The number of rotatable bonds is 2. The summed E-state index contributed by atoms with van der Waals surface area (Å²) in [6.45, 7) is 0. The standard InChI is InChI=1S/C18H14O6/c19-9-1-3-11(15(21)5-9)13-7-18(24)14(8-17(13)23)12-4-2-10(20)6-16(12)22/h1-8,19-24H. The zero-order chi connectivity index (χ0) is 17.4. The molecule has 0 aliphatic carbocycles. The molecule has 3 aromatic rings. The second-order valence-electron chi connectivity index (χ2n) is 5.29. The molecule has 0 spiro atoms. The summed E-state index contributed by atoms with van der Waals surface area (Å²) >= 11 is 0. The normalized spacial score (nSPS) is 10.7. The Hall–Kier alpha value is -3.54. The first-order valence-corrected chi connectivity index (χ1v) is 6.97. The first kappa shape index (κ1) is 15.4. The predicted molar refractivity (Wildman–Crippen MR) is 87.3 cm³/mol. The van der Waals surface area contributed by atoms with E-state index in [0.29, 0.717) is 0 Å². The fraction of sp³-hybridized carbons (Fsp3) is 0. The van der Waals surface area contributed by atoms with Gasteiger partial charge >= 0.3 is 0 Å². The Labute approximate surface area is 136 Å². The number of hydrogen-bond acceptors (Lipinski definition) is 6. The second kappa shape index (κ2) is 5.58. The quantitative estimate of drug-likeness (QED) is 0.402. The van der Waals surface area contributed by atoms with Crippen molar-refractivity contribution in [3.8, 4) is 56.8 Å². The minimum Gasteiger partial charge on any atom is -0.508 e. The van der Waals surface area contributed by atoms with Gasteiger partial charge in [-0.15, -0.1) is 0 Å². The average Bonchev–Trinajstić information content (AvgIpc) is 2.50. The van der Waals surface area contributed by atoms with Crippen molar-refractivity contribution in [2.45, 2.75) is 0 Å². The minimum atomic E-state index is -0.259. The molecule has 6 nitrogen and oxygen atoms in total. The van der Waals surface area contributed by atoms with Crippen LogP contribution in [0.4, 0.5) is 0 Å². The smallest absolute Gasteiger partial charge is 0.127 e. The Morgan fingerprint density at radius 1 is 0.375 bits per heavy atom. The van der Waals surface area contributed by atoms with Crippen LogP contribution in [0.15, 0.2) is 48.5 Å². The molecule has 6 heteroatoms. The molecule has 6 N–H and O–H groups in total. The fourth-order valence-electron chi connectivity index (χ4n) is 2.50. The molecule has 0 saturated heterocycles. The molecule has 122 valence electrons. The van der Waals surface area contributed by atoms with Crippen molar-refractivity contribution in [1.29, 1.82) is 0 Å². The van der Waals surface area contributed by atoms with Gasteiger partial charge in [0.2, 0.25) is 0 Å². The third kappa shape index (κ3) is 2.61. The van der Waals surface area contributed by atoms with Crippen LogP contribution in [0.25, 0.3) is 22.3 Å². The molecule has 0 unspecified atom stereocenters. The Kier molecular flexibility index (Phi) is 3.57. The third-order valence-corrected chi connectivity index (χ3v) is 3.66. The van der Waals surface area contributed by atoms with Gasteiger partial charge in [-0.2, -0.15) is 0 Å². The molecule has 3 aromatic carbocycles. The largest absolute Gasteiger partial charge is 0.508 e. The second-order valence-corrected chi connectivity index (χ2v) is 5.29. The zero-order valence-electron chi connectivity index (χ0n) is 12.3. The minimum absolute atomic E-state index is 0.134. The van der Waals surface area contributed by atoms with Crippen molar-refractivity contribution in [3.63, 3.8) is 0 Å². The molecule has 0 heterocycles. The van der Waals surface area contributed by atoms with E-state index in [4.69, 9.17) is 0 Å². The predicted octanol–water partition coefficient (Wildman–Crippen LogP) is 3.25. The zero-order valence-corrected chi connectivity index (χ0v) is 12.3. The van der Waals surface area contributed by atoms with Gasteiger partial charge in [0.15, 0.2) is 0 Å². The summed E-state index contributed by atoms with van der Waals surface area (Å²) in [5, 5.41) is 59.0. The lowest BCUT2D eigenvalue weighted by molar-refractivity contribution is 0.447. The van der Waals surface area contributed by atoms with Crippen LogP contribution in [-0.4, -0.2) is 30.6 Å². The van der Waals surface area contributed by atoms with Crippen LogP contribution >= 0.6 is 0 Å². The Bertz CT molecular complexity index is 856. The van der Waals surface area contributed by atoms with Crippen LogP contribution in [-0.2, 0) is 0 Å². The van der Waals surface area contributed by atoms with E-state index < -0.39 is 0 Å². The summed E-state index contributed by atoms with van der Waals surface area (Å²) in [4.78, 5) is 0. The van der Waals surface area contributed by atoms with Gasteiger partial charge < -0.3 is 30.6 Å². The Morgan fingerprint density at radius 2 is 0.708 bits per heavy atom. The molecule has 0 fully saturated rings. The van der Waals surface area contributed by atoms with Crippen LogP contribution < -0.4 is 0 Å². The average molecular weight is 326 g/mol. The molecule has 0 aliphatic heterocycles. The highest BCUT2D eigenvalue weighted by Crippen LogP contribution is 2.45. The van der Waals surface area contributed by atoms with Gasteiger partial charge in [0.05, 0.1) is 0 Å². The maximum Gasteiger partial charge on any atom is 0.127 e. The monoisotopic (exact) mass is 326 g/mol. The summed E-state index contributed by atoms with van der Waals surface area (Å²) in [5.41, 5.74) is 0.767. The van der Waals surface area contributed by atoms with Gasteiger partial charge in [0.25, 0.3) is 0 Å². The van der Waals surface area contributed by atoms with Crippen LogP contribution in [0.3, 0.4) is 0 Å². The van der Waals surface area contributed by atoms with Crippen molar-refractivity contribution < 1.29 is 30.6 Å². The molecule has 0 aliphatic rings. The van der Waals surface area contributed by atoms with E-state index in [0.717, 1.165) is 12.1 Å². The molecule has 0 saturated carbocycles. The van der Waals surface area contributed by atoms with Crippen molar-refractivity contribution in [3.05, 3.63) is 48.5 Å². The maximum atomic E-state index is 10.3. The van der Waals surface area contributed by atoms with E-state index in [1.165, 1.54) is 36.4 Å². The first-order valence-electron chi connectivity index (χ1n) is 6.97. The molecular weight excluding hydrogens is 312 g/mol. The molecule has 0 aromatic heterocycles. The van der Waals surface area contributed by atoms with E-state index >= 15 is 0 Å². The first-order chi connectivity index (χ1) is 11.4. The van der Waals surface area contributed by atoms with Gasteiger partial charge in [-0.3, -0.25) is 0 Å². The Balaban J connectivity index is 2.15. The van der Waals surface area contributed by atoms with Crippen molar-refractivity contribution in [2.24, 2.45) is 0 Å². The highest BCUT2D eigenvalue weighted by molar-refractivity contribution is 5.84. The van der Waals surface area contributed by atoms with Gasteiger partial charge in [0, 0.05) is 34.4 Å². The van der Waals surface area contributed by atoms with Crippen LogP contribution in [0, 0.1) is 0 Å². The molecule has 0 amide bonds. The molecule has 24 heavy (non-hydrogen) atoms. The van der Waals surface area contributed by atoms with E-state index in [-0.39, 0.29) is 56.8 Å². The number of phenolic OH excluding ortho intramolecular Hbond substituents is 6. The molecule has 0 radical (unpaired) electrons. The van der Waals surface area contributed by atoms with E-state index in [1.807, 2.05) is 0 Å². The van der Waals surface area contributed by atoms with Gasteiger partial charge in [0.1, 0.15) is 34.5 Å². The van der Waals surface area contributed by atoms with Gasteiger partial charge in [-0.25, -0.2) is 0 Å². The number of hydrogen-bond donors (Lipinski definition) is 6. The van der Waals surface area contributed by atoms with Crippen molar-refractivity contribution in [1.82, 2.24) is 0 Å². The highest BCUT2D eigenvalue weighted by Gasteiger charge is 2.17. The molecule has 3 rings (SSSR count). The van der Waals surface area contributed by atoms with Crippen molar-refractivity contribution >= 4 is 0 Å². The number of phenols is 6. The van der Waals surface area contributed by atoms with E-state index in [9.17, 15) is 30.6 Å². The number of aromatic hydroxyl groups is 6. The van der Waals surface area contributed by atoms with Crippen LogP contribution in [0.5, 0.6) is 34.5 Å². The van der Waals surface area contributed by atoms with Crippen molar-refractivity contribution in [2.75, 3.05) is 0 Å². The lowest BCUT2D eigenvalue weighted by atomic mass is 9.97.